The van der Waals surface area contributed by atoms with E-state index < -0.39 is 11.7 Å². The van der Waals surface area contributed by atoms with Crippen molar-refractivity contribution < 1.29 is 17.6 Å². The molecular weight excluding hydrogens is 267 g/mol. The minimum absolute atomic E-state index is 0.178. The first kappa shape index (κ1) is 12.7. The fourth-order valence-corrected chi connectivity index (χ4v) is 2.06. The second-order valence-electron chi connectivity index (χ2n) is 4.51. The van der Waals surface area contributed by atoms with Gasteiger partial charge < -0.3 is 4.42 Å². The fourth-order valence-electron chi connectivity index (χ4n) is 2.06. The van der Waals surface area contributed by atoms with Crippen molar-refractivity contribution in [2.24, 2.45) is 0 Å². The zero-order chi connectivity index (χ0) is 14.3. The molecule has 0 N–H and O–H groups in total. The van der Waals surface area contributed by atoms with Crippen LogP contribution in [0.25, 0.3) is 22.6 Å². The molecule has 0 amide bonds. The van der Waals surface area contributed by atoms with E-state index >= 15 is 0 Å². The van der Waals surface area contributed by atoms with Crippen LogP contribution in [0.1, 0.15) is 11.1 Å². The van der Waals surface area contributed by atoms with E-state index in [1.54, 1.807) is 30.3 Å². The van der Waals surface area contributed by atoms with Gasteiger partial charge in [0, 0.05) is 5.56 Å². The SMILES string of the molecule is Cc1ccc(-c2nc3ccccc3o2)cc1C(F)(F)F. The Balaban J connectivity index is 2.14. The van der Waals surface area contributed by atoms with Gasteiger partial charge in [0.1, 0.15) is 5.52 Å². The van der Waals surface area contributed by atoms with Gasteiger partial charge in [0.2, 0.25) is 5.89 Å². The summed E-state index contributed by atoms with van der Waals surface area (Å²) < 4.78 is 44.2. The highest BCUT2D eigenvalue weighted by molar-refractivity contribution is 5.76. The Bertz CT molecular complexity index is 741. The second kappa shape index (κ2) is 4.37. The monoisotopic (exact) mass is 277 g/mol. The molecule has 0 spiro atoms. The number of benzene rings is 2. The lowest BCUT2D eigenvalue weighted by atomic mass is 10.0. The van der Waals surface area contributed by atoms with Gasteiger partial charge in [-0.15, -0.1) is 0 Å². The molecule has 0 bridgehead atoms. The Morgan fingerprint density at radius 2 is 1.80 bits per heavy atom. The summed E-state index contributed by atoms with van der Waals surface area (Å²) in [6, 6.07) is 11.1. The molecule has 1 aromatic heterocycles. The third-order valence-electron chi connectivity index (χ3n) is 3.08. The van der Waals surface area contributed by atoms with Gasteiger partial charge in [-0.05, 0) is 36.8 Å². The summed E-state index contributed by atoms with van der Waals surface area (Å²) in [5.41, 5.74) is 1.00. The highest BCUT2D eigenvalue weighted by Gasteiger charge is 2.32. The van der Waals surface area contributed by atoms with Gasteiger partial charge in [0.05, 0.1) is 5.56 Å². The smallest absolute Gasteiger partial charge is 0.416 e. The number of rotatable bonds is 1. The summed E-state index contributed by atoms with van der Waals surface area (Å²) >= 11 is 0. The predicted octanol–water partition coefficient (Wildman–Crippen LogP) is 4.82. The zero-order valence-corrected chi connectivity index (χ0v) is 10.5. The van der Waals surface area contributed by atoms with Crippen LogP contribution >= 0.6 is 0 Å². The molecule has 3 rings (SSSR count). The van der Waals surface area contributed by atoms with Crippen molar-refractivity contribution in [3.63, 3.8) is 0 Å². The number of hydrogen-bond acceptors (Lipinski definition) is 2. The van der Waals surface area contributed by atoms with E-state index in [9.17, 15) is 13.2 Å². The van der Waals surface area contributed by atoms with Crippen LogP contribution in [0.5, 0.6) is 0 Å². The molecule has 0 aliphatic carbocycles. The van der Waals surface area contributed by atoms with E-state index in [0.717, 1.165) is 6.07 Å². The Hall–Kier alpha value is -2.30. The number of para-hydroxylation sites is 2. The molecule has 0 unspecified atom stereocenters. The molecule has 0 saturated heterocycles. The number of fused-ring (bicyclic) bond motifs is 1. The lowest BCUT2D eigenvalue weighted by Crippen LogP contribution is -2.07. The van der Waals surface area contributed by atoms with E-state index in [-0.39, 0.29) is 11.5 Å². The maximum Gasteiger partial charge on any atom is 0.416 e. The lowest BCUT2D eigenvalue weighted by Gasteiger charge is -2.10. The molecule has 2 aromatic carbocycles. The van der Waals surface area contributed by atoms with E-state index in [1.807, 2.05) is 0 Å². The fraction of sp³-hybridized carbons (Fsp3) is 0.133. The normalized spacial score (nSPS) is 12.0. The molecule has 0 aliphatic heterocycles. The number of nitrogens with zero attached hydrogens (tertiary/aromatic N) is 1. The van der Waals surface area contributed by atoms with Gasteiger partial charge in [0.25, 0.3) is 0 Å². The van der Waals surface area contributed by atoms with Crippen molar-refractivity contribution in [1.82, 2.24) is 4.98 Å². The molecule has 3 aromatic rings. The van der Waals surface area contributed by atoms with Gasteiger partial charge in [-0.1, -0.05) is 18.2 Å². The third kappa shape index (κ3) is 2.15. The largest absolute Gasteiger partial charge is 0.436 e. The van der Waals surface area contributed by atoms with Gasteiger partial charge in [-0.2, -0.15) is 13.2 Å². The number of halogens is 3. The van der Waals surface area contributed by atoms with Crippen LogP contribution in [-0.4, -0.2) is 4.98 Å². The van der Waals surface area contributed by atoms with Crippen LogP contribution in [0.3, 0.4) is 0 Å². The molecule has 1 heterocycles. The van der Waals surface area contributed by atoms with E-state index in [1.165, 1.54) is 13.0 Å². The average Bonchev–Trinajstić information content (AvgIpc) is 2.81. The number of aryl methyl sites for hydroxylation is 1. The first-order chi connectivity index (χ1) is 9.45. The molecule has 5 heteroatoms. The Morgan fingerprint density at radius 1 is 1.05 bits per heavy atom. The molecule has 0 radical (unpaired) electrons. The molecule has 0 saturated carbocycles. The van der Waals surface area contributed by atoms with Crippen LogP contribution in [0, 0.1) is 6.92 Å². The van der Waals surface area contributed by atoms with Crippen molar-refractivity contribution in [3.8, 4) is 11.5 Å². The number of hydrogen-bond donors (Lipinski definition) is 0. The molecule has 0 aliphatic rings. The molecule has 0 atom stereocenters. The van der Waals surface area contributed by atoms with Crippen molar-refractivity contribution in [2.45, 2.75) is 13.1 Å². The summed E-state index contributed by atoms with van der Waals surface area (Å²) in [5, 5.41) is 0. The van der Waals surface area contributed by atoms with Crippen molar-refractivity contribution in [2.75, 3.05) is 0 Å². The Morgan fingerprint density at radius 3 is 2.50 bits per heavy atom. The highest BCUT2D eigenvalue weighted by Crippen LogP contribution is 2.35. The van der Waals surface area contributed by atoms with Crippen molar-refractivity contribution >= 4 is 11.1 Å². The van der Waals surface area contributed by atoms with Crippen LogP contribution < -0.4 is 0 Å². The number of aromatic nitrogens is 1. The summed E-state index contributed by atoms with van der Waals surface area (Å²) in [6.07, 6.45) is -4.38. The Kier molecular flexibility index (Phi) is 2.78. The lowest BCUT2D eigenvalue weighted by molar-refractivity contribution is -0.138. The third-order valence-corrected chi connectivity index (χ3v) is 3.08. The summed E-state index contributed by atoms with van der Waals surface area (Å²) in [7, 11) is 0. The van der Waals surface area contributed by atoms with E-state index in [2.05, 4.69) is 4.98 Å². The molecule has 102 valence electrons. The molecule has 20 heavy (non-hydrogen) atoms. The van der Waals surface area contributed by atoms with E-state index in [0.29, 0.717) is 16.7 Å². The average molecular weight is 277 g/mol. The van der Waals surface area contributed by atoms with Crippen LogP contribution in [-0.2, 0) is 6.18 Å². The van der Waals surface area contributed by atoms with Crippen molar-refractivity contribution in [1.29, 1.82) is 0 Å². The standard InChI is InChI=1S/C15H10F3NO/c1-9-6-7-10(8-11(9)15(16,17)18)14-19-12-4-2-3-5-13(12)20-14/h2-8H,1H3. The minimum atomic E-state index is -4.38. The first-order valence-corrected chi connectivity index (χ1v) is 5.99. The molecule has 2 nitrogen and oxygen atoms in total. The molecule has 0 fully saturated rings. The Labute approximate surface area is 112 Å². The summed E-state index contributed by atoms with van der Waals surface area (Å²) in [6.45, 7) is 1.43. The summed E-state index contributed by atoms with van der Waals surface area (Å²) in [4.78, 5) is 4.20. The number of oxazole rings is 1. The van der Waals surface area contributed by atoms with Crippen molar-refractivity contribution in [3.05, 3.63) is 53.6 Å². The summed E-state index contributed by atoms with van der Waals surface area (Å²) in [5.74, 6) is 0.191. The maximum absolute atomic E-state index is 12.9. The molecular formula is C15H10F3NO. The first-order valence-electron chi connectivity index (χ1n) is 5.99. The van der Waals surface area contributed by atoms with Gasteiger partial charge in [-0.3, -0.25) is 0 Å². The topological polar surface area (TPSA) is 26.0 Å². The van der Waals surface area contributed by atoms with Crippen LogP contribution in [0.15, 0.2) is 46.9 Å². The van der Waals surface area contributed by atoms with Gasteiger partial charge in [-0.25, -0.2) is 4.98 Å². The maximum atomic E-state index is 12.9. The quantitative estimate of drug-likeness (QED) is 0.637. The number of alkyl halides is 3. The van der Waals surface area contributed by atoms with Gasteiger partial charge in [0.15, 0.2) is 5.58 Å². The van der Waals surface area contributed by atoms with E-state index in [4.69, 9.17) is 4.42 Å². The van der Waals surface area contributed by atoms with Crippen LogP contribution in [0.4, 0.5) is 13.2 Å². The predicted molar refractivity (Wildman–Crippen MR) is 69.2 cm³/mol. The van der Waals surface area contributed by atoms with Crippen LogP contribution in [0.2, 0.25) is 0 Å². The highest BCUT2D eigenvalue weighted by atomic mass is 19.4. The zero-order valence-electron chi connectivity index (χ0n) is 10.5. The second-order valence-corrected chi connectivity index (χ2v) is 4.51. The minimum Gasteiger partial charge on any atom is -0.436 e. The van der Waals surface area contributed by atoms with Gasteiger partial charge >= 0.3 is 6.18 Å².